The van der Waals surface area contributed by atoms with Crippen molar-refractivity contribution in [3.05, 3.63) is 158 Å². The lowest BCUT2D eigenvalue weighted by molar-refractivity contribution is 0.636. The monoisotopic (exact) mass is 602 g/mol. The molecule has 0 radical (unpaired) electrons. The summed E-state index contributed by atoms with van der Waals surface area (Å²) in [5.41, 5.74) is 6.90. The first kappa shape index (κ1) is 25.6. The van der Waals surface area contributed by atoms with Crippen molar-refractivity contribution in [3.63, 3.8) is 0 Å². The molecule has 0 N–H and O–H groups in total. The largest absolute Gasteiger partial charge is 0.454 e. The quantitative estimate of drug-likeness (QED) is 0.183. The SMILES string of the molecule is c1ccc(-c2oc3c(ccc4c5ccccc5sc43)c2-c2c3ccccc3c(-c3ccc4ccccc4c3)c3ccccc23)cc1. The van der Waals surface area contributed by atoms with Crippen LogP contribution in [0.3, 0.4) is 0 Å². The van der Waals surface area contributed by atoms with Gasteiger partial charge in [-0.3, -0.25) is 0 Å². The zero-order valence-electron chi connectivity index (χ0n) is 24.8. The van der Waals surface area contributed by atoms with Crippen molar-refractivity contribution in [1.29, 1.82) is 0 Å². The Morgan fingerprint density at radius 2 is 0.957 bits per heavy atom. The average molecular weight is 603 g/mol. The summed E-state index contributed by atoms with van der Waals surface area (Å²) < 4.78 is 9.53. The number of furan rings is 1. The number of hydrogen-bond acceptors (Lipinski definition) is 2. The summed E-state index contributed by atoms with van der Waals surface area (Å²) in [4.78, 5) is 0. The molecule has 2 heterocycles. The maximum Gasteiger partial charge on any atom is 0.153 e. The number of hydrogen-bond donors (Lipinski definition) is 0. The molecule has 0 aliphatic rings. The molecule has 8 aromatic carbocycles. The van der Waals surface area contributed by atoms with Crippen LogP contribution in [0.1, 0.15) is 0 Å². The van der Waals surface area contributed by atoms with Gasteiger partial charge in [0.05, 0.1) is 4.70 Å². The summed E-state index contributed by atoms with van der Waals surface area (Å²) in [6.07, 6.45) is 0. The van der Waals surface area contributed by atoms with Gasteiger partial charge in [0.15, 0.2) is 5.58 Å². The molecule has 0 amide bonds. The molecule has 0 saturated carbocycles. The molecule has 0 saturated heterocycles. The van der Waals surface area contributed by atoms with Gasteiger partial charge in [0.25, 0.3) is 0 Å². The van der Waals surface area contributed by atoms with Crippen molar-refractivity contribution < 1.29 is 4.42 Å². The topological polar surface area (TPSA) is 13.1 Å². The molecule has 0 unspecified atom stereocenters. The van der Waals surface area contributed by atoms with Crippen LogP contribution >= 0.6 is 11.3 Å². The first-order valence-electron chi connectivity index (χ1n) is 15.7. The van der Waals surface area contributed by atoms with Crippen molar-refractivity contribution in [3.8, 4) is 33.6 Å². The van der Waals surface area contributed by atoms with E-state index in [1.807, 2.05) is 11.3 Å². The summed E-state index contributed by atoms with van der Waals surface area (Å²) in [7, 11) is 0. The van der Waals surface area contributed by atoms with Gasteiger partial charge in [0, 0.05) is 37.5 Å². The standard InChI is InChI=1S/C44H26OS/c1-2-13-28(14-3-1)42-41(37-25-24-36-31-16-10-11-21-38(31)46-44(36)43(37)45-42)40-34-19-8-6-17-32(34)39(33-18-7-9-20-35(33)40)30-23-22-27-12-4-5-15-29(27)26-30/h1-26H. The molecule has 0 fully saturated rings. The zero-order chi connectivity index (χ0) is 30.2. The maximum atomic E-state index is 7.05. The van der Waals surface area contributed by atoms with Crippen LogP contribution in [-0.2, 0) is 0 Å². The number of benzene rings is 8. The Labute approximate surface area is 269 Å². The van der Waals surface area contributed by atoms with Gasteiger partial charge in [-0.1, -0.05) is 140 Å². The van der Waals surface area contributed by atoms with Crippen molar-refractivity contribution in [2.24, 2.45) is 0 Å². The van der Waals surface area contributed by atoms with Crippen LogP contribution in [0.5, 0.6) is 0 Å². The van der Waals surface area contributed by atoms with Crippen LogP contribution < -0.4 is 0 Å². The Balaban J connectivity index is 1.37. The predicted molar refractivity (Wildman–Crippen MR) is 198 cm³/mol. The Morgan fingerprint density at radius 1 is 0.370 bits per heavy atom. The second kappa shape index (κ2) is 9.90. The van der Waals surface area contributed by atoms with E-state index in [4.69, 9.17) is 4.42 Å². The maximum absolute atomic E-state index is 7.05. The third-order valence-electron chi connectivity index (χ3n) is 9.46. The molecule has 0 aliphatic carbocycles. The van der Waals surface area contributed by atoms with E-state index in [1.165, 1.54) is 69.2 Å². The molecule has 2 aromatic heterocycles. The molecule has 0 bridgehead atoms. The van der Waals surface area contributed by atoms with E-state index in [1.54, 1.807) is 0 Å². The van der Waals surface area contributed by atoms with Crippen LogP contribution in [0.25, 0.3) is 97.0 Å². The van der Waals surface area contributed by atoms with Gasteiger partial charge in [-0.05, 0) is 61.6 Å². The smallest absolute Gasteiger partial charge is 0.153 e. The average Bonchev–Trinajstić information content (AvgIpc) is 3.70. The van der Waals surface area contributed by atoms with Crippen LogP contribution in [0, 0.1) is 0 Å². The fraction of sp³-hybridized carbons (Fsp3) is 0. The third-order valence-corrected chi connectivity index (χ3v) is 10.6. The zero-order valence-corrected chi connectivity index (χ0v) is 25.6. The molecule has 0 aliphatic heterocycles. The lowest BCUT2D eigenvalue weighted by Gasteiger charge is -2.18. The number of fused-ring (bicyclic) bond motifs is 8. The molecule has 214 valence electrons. The molecular formula is C44H26OS. The summed E-state index contributed by atoms with van der Waals surface area (Å²) in [5.74, 6) is 0.911. The second-order valence-electron chi connectivity index (χ2n) is 12.0. The van der Waals surface area contributed by atoms with Gasteiger partial charge in [0.2, 0.25) is 0 Å². The number of rotatable bonds is 3. The minimum Gasteiger partial charge on any atom is -0.454 e. The van der Waals surface area contributed by atoms with E-state index in [9.17, 15) is 0 Å². The van der Waals surface area contributed by atoms with Gasteiger partial charge in [0.1, 0.15) is 5.76 Å². The van der Waals surface area contributed by atoms with Crippen molar-refractivity contribution in [2.45, 2.75) is 0 Å². The Kier molecular flexibility index (Phi) is 5.51. The van der Waals surface area contributed by atoms with Gasteiger partial charge >= 0.3 is 0 Å². The van der Waals surface area contributed by atoms with E-state index in [0.29, 0.717) is 0 Å². The fourth-order valence-electron chi connectivity index (χ4n) is 7.43. The summed E-state index contributed by atoms with van der Waals surface area (Å²) >= 11 is 1.82. The normalized spacial score (nSPS) is 11.9. The molecular weight excluding hydrogens is 577 g/mol. The summed E-state index contributed by atoms with van der Waals surface area (Å²) in [6, 6.07) is 57.1. The minimum atomic E-state index is 0.911. The molecule has 2 heteroatoms. The van der Waals surface area contributed by atoms with E-state index in [2.05, 4.69) is 158 Å². The van der Waals surface area contributed by atoms with Gasteiger partial charge in [-0.2, -0.15) is 0 Å². The van der Waals surface area contributed by atoms with Crippen LogP contribution in [0.15, 0.2) is 162 Å². The summed E-state index contributed by atoms with van der Waals surface area (Å²) in [5, 5.41) is 11.1. The van der Waals surface area contributed by atoms with Crippen molar-refractivity contribution in [1.82, 2.24) is 0 Å². The minimum absolute atomic E-state index is 0.911. The lowest BCUT2D eigenvalue weighted by atomic mass is 9.84. The second-order valence-corrected chi connectivity index (χ2v) is 13.0. The molecule has 10 aromatic rings. The Bertz CT molecular complexity index is 2740. The van der Waals surface area contributed by atoms with E-state index >= 15 is 0 Å². The molecule has 0 atom stereocenters. The van der Waals surface area contributed by atoms with Gasteiger partial charge in [-0.25, -0.2) is 0 Å². The highest BCUT2D eigenvalue weighted by atomic mass is 32.1. The highest BCUT2D eigenvalue weighted by Gasteiger charge is 2.25. The molecule has 10 rings (SSSR count). The van der Waals surface area contributed by atoms with Crippen molar-refractivity contribution in [2.75, 3.05) is 0 Å². The lowest BCUT2D eigenvalue weighted by Crippen LogP contribution is -1.91. The van der Waals surface area contributed by atoms with E-state index in [0.717, 1.165) is 27.9 Å². The van der Waals surface area contributed by atoms with Crippen LogP contribution in [0.2, 0.25) is 0 Å². The predicted octanol–water partition coefficient (Wildman–Crippen LogP) is 13.3. The molecule has 0 spiro atoms. The van der Waals surface area contributed by atoms with Gasteiger partial charge in [-0.15, -0.1) is 11.3 Å². The first-order valence-corrected chi connectivity index (χ1v) is 16.5. The van der Waals surface area contributed by atoms with E-state index < -0.39 is 0 Å². The van der Waals surface area contributed by atoms with E-state index in [-0.39, 0.29) is 0 Å². The Hall–Kier alpha value is -5.70. The van der Waals surface area contributed by atoms with Crippen LogP contribution in [0.4, 0.5) is 0 Å². The highest BCUT2D eigenvalue weighted by Crippen LogP contribution is 2.51. The number of thiophene rings is 1. The van der Waals surface area contributed by atoms with Crippen LogP contribution in [-0.4, -0.2) is 0 Å². The summed E-state index contributed by atoms with van der Waals surface area (Å²) in [6.45, 7) is 0. The highest BCUT2D eigenvalue weighted by molar-refractivity contribution is 7.26. The first-order chi connectivity index (χ1) is 22.8. The van der Waals surface area contributed by atoms with Gasteiger partial charge < -0.3 is 4.42 Å². The van der Waals surface area contributed by atoms with Crippen molar-refractivity contribution >= 4 is 74.8 Å². The fourth-order valence-corrected chi connectivity index (χ4v) is 8.62. The molecule has 46 heavy (non-hydrogen) atoms. The Morgan fingerprint density at radius 3 is 1.70 bits per heavy atom. The third kappa shape index (κ3) is 3.68. The molecule has 1 nitrogen and oxygen atoms in total.